The van der Waals surface area contributed by atoms with Crippen LogP contribution < -0.4 is 4.74 Å². The lowest BCUT2D eigenvalue weighted by molar-refractivity contribution is 0.395. The van der Waals surface area contributed by atoms with Crippen LogP contribution in [-0.4, -0.2) is 7.11 Å². The summed E-state index contributed by atoms with van der Waals surface area (Å²) in [6.45, 7) is 15.7. The molecular weight excluding hydrogens is 400 g/mol. The van der Waals surface area contributed by atoms with Crippen LogP contribution in [0.2, 0.25) is 0 Å². The van der Waals surface area contributed by atoms with E-state index in [1.54, 1.807) is 7.11 Å². The van der Waals surface area contributed by atoms with Crippen molar-refractivity contribution < 1.29 is 4.74 Å². The van der Waals surface area contributed by atoms with E-state index in [0.29, 0.717) is 0 Å². The molecular formula is C32H40O. The SMILES string of the molecule is COc1c(/C=C2\CCc3ccccc32)cc(C(C)(C)C)cc1C(C)(C)C.Cc1ccccc1. The fourth-order valence-corrected chi connectivity index (χ4v) is 4.30. The molecule has 1 heteroatoms. The number of ether oxygens (including phenoxy) is 1. The molecule has 0 spiro atoms. The Morgan fingerprint density at radius 3 is 1.94 bits per heavy atom. The Hall–Kier alpha value is -2.80. The van der Waals surface area contributed by atoms with E-state index in [9.17, 15) is 0 Å². The van der Waals surface area contributed by atoms with Crippen molar-refractivity contribution in [3.05, 3.63) is 100 Å². The maximum absolute atomic E-state index is 5.92. The van der Waals surface area contributed by atoms with Gasteiger partial charge in [-0.25, -0.2) is 0 Å². The van der Waals surface area contributed by atoms with E-state index in [-0.39, 0.29) is 10.8 Å². The average Bonchev–Trinajstić information content (AvgIpc) is 3.16. The van der Waals surface area contributed by atoms with Gasteiger partial charge in [0.1, 0.15) is 5.75 Å². The zero-order valence-electron chi connectivity index (χ0n) is 21.8. The van der Waals surface area contributed by atoms with Crippen LogP contribution in [0, 0.1) is 6.92 Å². The van der Waals surface area contributed by atoms with Gasteiger partial charge in [-0.1, -0.05) is 108 Å². The molecule has 1 aliphatic carbocycles. The van der Waals surface area contributed by atoms with Crippen molar-refractivity contribution in [3.63, 3.8) is 0 Å². The van der Waals surface area contributed by atoms with Gasteiger partial charge in [0.2, 0.25) is 0 Å². The van der Waals surface area contributed by atoms with Crippen LogP contribution in [0.3, 0.4) is 0 Å². The first-order valence-corrected chi connectivity index (χ1v) is 12.0. The normalized spacial score (nSPS) is 14.5. The second-order valence-electron chi connectivity index (χ2n) is 11.1. The third-order valence-electron chi connectivity index (χ3n) is 6.29. The number of rotatable bonds is 2. The third-order valence-corrected chi connectivity index (χ3v) is 6.29. The summed E-state index contributed by atoms with van der Waals surface area (Å²) in [4.78, 5) is 0. The molecule has 3 aromatic carbocycles. The Morgan fingerprint density at radius 1 is 0.758 bits per heavy atom. The molecule has 0 saturated heterocycles. The highest BCUT2D eigenvalue weighted by Crippen LogP contribution is 2.41. The van der Waals surface area contributed by atoms with Crippen LogP contribution >= 0.6 is 0 Å². The van der Waals surface area contributed by atoms with Gasteiger partial charge in [-0.15, -0.1) is 0 Å². The molecule has 0 atom stereocenters. The van der Waals surface area contributed by atoms with Gasteiger partial charge < -0.3 is 4.74 Å². The molecule has 4 rings (SSSR count). The minimum atomic E-state index is 0.0352. The molecule has 0 amide bonds. The molecule has 3 aromatic rings. The Kier molecular flexibility index (Phi) is 7.52. The number of methoxy groups -OCH3 is 1. The fourth-order valence-electron chi connectivity index (χ4n) is 4.30. The lowest BCUT2D eigenvalue weighted by Crippen LogP contribution is -2.18. The molecule has 0 heterocycles. The standard InChI is InChI=1S/C25H32O.C7H8/c1-24(2,3)20-15-19(23(26-7)22(16-20)25(4,5)6)14-18-13-12-17-10-8-9-11-21(17)18;1-7-5-3-2-4-6-7/h8-11,14-16H,12-13H2,1-7H3;2-6H,1H3/b18-14+;. The van der Waals surface area contributed by atoms with Crippen molar-refractivity contribution in [2.24, 2.45) is 0 Å². The third kappa shape index (κ3) is 6.16. The zero-order valence-corrected chi connectivity index (χ0v) is 21.8. The summed E-state index contributed by atoms with van der Waals surface area (Å²) >= 11 is 0. The summed E-state index contributed by atoms with van der Waals surface area (Å²) in [7, 11) is 1.80. The predicted molar refractivity (Wildman–Crippen MR) is 144 cm³/mol. The highest BCUT2D eigenvalue weighted by atomic mass is 16.5. The minimum absolute atomic E-state index is 0.0352. The van der Waals surface area contributed by atoms with Gasteiger partial charge in [-0.05, 0) is 65.0 Å². The smallest absolute Gasteiger partial charge is 0.129 e. The number of aryl methyl sites for hydroxylation is 2. The van der Waals surface area contributed by atoms with Crippen molar-refractivity contribution in [2.45, 2.75) is 72.1 Å². The van der Waals surface area contributed by atoms with Gasteiger partial charge in [0.15, 0.2) is 0 Å². The molecule has 0 fully saturated rings. The van der Waals surface area contributed by atoms with Crippen molar-refractivity contribution >= 4 is 11.6 Å². The molecule has 0 aromatic heterocycles. The van der Waals surface area contributed by atoms with Crippen LogP contribution in [0.15, 0.2) is 66.7 Å². The molecule has 33 heavy (non-hydrogen) atoms. The summed E-state index contributed by atoms with van der Waals surface area (Å²) in [5.74, 6) is 1.02. The average molecular weight is 441 g/mol. The number of fused-ring (bicyclic) bond motifs is 1. The molecule has 0 aliphatic heterocycles. The maximum Gasteiger partial charge on any atom is 0.129 e. The molecule has 0 bridgehead atoms. The summed E-state index contributed by atoms with van der Waals surface area (Å²) in [6, 6.07) is 23.7. The zero-order chi connectivity index (χ0) is 24.2. The number of hydrogen-bond acceptors (Lipinski definition) is 1. The largest absolute Gasteiger partial charge is 0.496 e. The van der Waals surface area contributed by atoms with Crippen molar-refractivity contribution in [2.75, 3.05) is 7.11 Å². The fraction of sp³-hybridized carbons (Fsp3) is 0.375. The topological polar surface area (TPSA) is 9.23 Å². The summed E-state index contributed by atoms with van der Waals surface area (Å²) in [6.07, 6.45) is 4.59. The maximum atomic E-state index is 5.92. The second-order valence-corrected chi connectivity index (χ2v) is 11.1. The molecule has 174 valence electrons. The molecule has 1 nitrogen and oxygen atoms in total. The molecule has 0 radical (unpaired) electrons. The highest BCUT2D eigenvalue weighted by Gasteiger charge is 2.26. The molecule has 0 N–H and O–H groups in total. The van der Waals surface area contributed by atoms with E-state index < -0.39 is 0 Å². The van der Waals surface area contributed by atoms with Crippen LogP contribution in [0.4, 0.5) is 0 Å². The minimum Gasteiger partial charge on any atom is -0.496 e. The van der Waals surface area contributed by atoms with E-state index >= 15 is 0 Å². The van der Waals surface area contributed by atoms with Gasteiger partial charge in [-0.3, -0.25) is 0 Å². The van der Waals surface area contributed by atoms with Gasteiger partial charge in [0.05, 0.1) is 7.11 Å². The van der Waals surface area contributed by atoms with E-state index in [1.807, 2.05) is 18.2 Å². The lowest BCUT2D eigenvalue weighted by atomic mass is 9.78. The van der Waals surface area contributed by atoms with Crippen molar-refractivity contribution in [3.8, 4) is 5.75 Å². The second kappa shape index (κ2) is 10.00. The summed E-state index contributed by atoms with van der Waals surface area (Å²) < 4.78 is 5.92. The number of hydrogen-bond donors (Lipinski definition) is 0. The van der Waals surface area contributed by atoms with Crippen molar-refractivity contribution in [1.82, 2.24) is 0 Å². The Bertz CT molecular complexity index is 1110. The highest BCUT2D eigenvalue weighted by molar-refractivity contribution is 5.87. The van der Waals surface area contributed by atoms with E-state index in [1.165, 1.54) is 39.0 Å². The van der Waals surface area contributed by atoms with Gasteiger partial charge >= 0.3 is 0 Å². The van der Waals surface area contributed by atoms with Gasteiger partial charge in [-0.2, -0.15) is 0 Å². The van der Waals surface area contributed by atoms with Crippen LogP contribution in [0.5, 0.6) is 5.75 Å². The molecule has 0 unspecified atom stereocenters. The molecule has 0 saturated carbocycles. The van der Waals surface area contributed by atoms with E-state index in [4.69, 9.17) is 4.74 Å². The first-order valence-electron chi connectivity index (χ1n) is 12.0. The Morgan fingerprint density at radius 2 is 1.39 bits per heavy atom. The van der Waals surface area contributed by atoms with E-state index in [2.05, 4.69) is 103 Å². The van der Waals surface area contributed by atoms with Crippen LogP contribution in [0.1, 0.15) is 81.3 Å². The quantitative estimate of drug-likeness (QED) is 0.387. The number of benzene rings is 3. The van der Waals surface area contributed by atoms with Crippen molar-refractivity contribution in [1.29, 1.82) is 0 Å². The molecule has 1 aliphatic rings. The van der Waals surface area contributed by atoms with Crippen LogP contribution in [0.25, 0.3) is 11.6 Å². The summed E-state index contributed by atoms with van der Waals surface area (Å²) in [5.41, 5.74) is 9.59. The Balaban J connectivity index is 0.000000374. The summed E-state index contributed by atoms with van der Waals surface area (Å²) in [5, 5.41) is 0. The van der Waals surface area contributed by atoms with Crippen LogP contribution in [-0.2, 0) is 17.3 Å². The predicted octanol–water partition coefficient (Wildman–Crippen LogP) is 8.77. The Labute approximate surface area is 201 Å². The van der Waals surface area contributed by atoms with Gasteiger partial charge in [0.25, 0.3) is 0 Å². The number of allylic oxidation sites excluding steroid dienone is 1. The lowest BCUT2D eigenvalue weighted by Gasteiger charge is -2.28. The monoisotopic (exact) mass is 440 g/mol. The first-order chi connectivity index (χ1) is 15.5. The van der Waals surface area contributed by atoms with E-state index in [0.717, 1.165) is 18.6 Å². The van der Waals surface area contributed by atoms with Gasteiger partial charge in [0, 0.05) is 11.1 Å². The first kappa shape index (κ1) is 24.8.